The van der Waals surface area contributed by atoms with Gasteiger partial charge in [-0.05, 0) is 25.7 Å². The molecule has 0 saturated carbocycles. The Hall–Kier alpha value is -0.408. The molecule has 0 N–H and O–H groups in total. The summed E-state index contributed by atoms with van der Waals surface area (Å²) in [6, 6.07) is 0. The molecular formula is C12H22O6U. The zero-order valence-electron chi connectivity index (χ0n) is 11.6. The first kappa shape index (κ1) is 23.7. The van der Waals surface area contributed by atoms with Crippen LogP contribution in [0.5, 0.6) is 0 Å². The van der Waals surface area contributed by atoms with Gasteiger partial charge in [-0.1, -0.05) is 39.5 Å². The second-order valence-corrected chi connectivity index (χ2v) is 4.44. The maximum absolute atomic E-state index is 9.76. The fourth-order valence-electron chi connectivity index (χ4n) is 1.04. The van der Waals surface area contributed by atoms with Crippen molar-refractivity contribution >= 4 is 11.9 Å². The Morgan fingerprint density at radius 1 is 0.789 bits per heavy atom. The van der Waals surface area contributed by atoms with Crippen molar-refractivity contribution in [2.45, 2.75) is 65.2 Å². The van der Waals surface area contributed by atoms with Crippen molar-refractivity contribution in [3.63, 3.8) is 0 Å². The molecule has 0 aromatic carbocycles. The first-order chi connectivity index (χ1) is 8.95. The van der Waals surface area contributed by atoms with Gasteiger partial charge in [0.15, 0.2) is 0 Å². The van der Waals surface area contributed by atoms with Gasteiger partial charge < -0.3 is 19.8 Å². The molecule has 0 fully saturated rings. The molecule has 0 radical (unpaired) electrons. The van der Waals surface area contributed by atoms with Gasteiger partial charge in [0.05, 0.1) is 0 Å². The second-order valence-electron chi connectivity index (χ2n) is 3.74. The zero-order valence-corrected chi connectivity index (χ0v) is 15.8. The summed E-state index contributed by atoms with van der Waals surface area (Å²) in [5.74, 6) is -1.86. The van der Waals surface area contributed by atoms with E-state index >= 15 is 0 Å². The molecule has 0 aromatic heterocycles. The topological polar surface area (TPSA) is 114 Å². The van der Waals surface area contributed by atoms with E-state index < -0.39 is 39.8 Å². The van der Waals surface area contributed by atoms with Gasteiger partial charge in [-0.3, -0.25) is 0 Å². The number of hydrogen-bond acceptors (Lipinski definition) is 6. The van der Waals surface area contributed by atoms with Crippen LogP contribution in [0.15, 0.2) is 0 Å². The molecule has 110 valence electrons. The van der Waals surface area contributed by atoms with Gasteiger partial charge in [0.1, 0.15) is 0 Å². The Bertz CT molecular complexity index is 229. The Morgan fingerprint density at radius 3 is 1.21 bits per heavy atom. The van der Waals surface area contributed by atoms with Crippen LogP contribution in [-0.4, -0.2) is 11.9 Å². The SMILES string of the molecule is CCCCCC(=O)[O-].CCCCCC(=O)[O-].[O]=[U+2]=[O]. The van der Waals surface area contributed by atoms with Gasteiger partial charge >= 0.3 is 32.3 Å². The van der Waals surface area contributed by atoms with E-state index in [4.69, 9.17) is 4.47 Å². The summed E-state index contributed by atoms with van der Waals surface area (Å²) in [5, 5.41) is 19.5. The van der Waals surface area contributed by atoms with E-state index in [2.05, 4.69) is 0 Å². The molecule has 0 saturated heterocycles. The molecule has 6 nitrogen and oxygen atoms in total. The molecule has 0 aliphatic rings. The Labute approximate surface area is 129 Å². The number of hydrogen-bond donors (Lipinski definition) is 0. The summed E-state index contributed by atoms with van der Waals surface area (Å²) < 4.78 is 17.2. The van der Waals surface area contributed by atoms with E-state index in [1.54, 1.807) is 0 Å². The molecule has 0 unspecified atom stereocenters. The van der Waals surface area contributed by atoms with E-state index in [1.807, 2.05) is 13.8 Å². The number of aliphatic carboxylic acids is 2. The quantitative estimate of drug-likeness (QED) is 0.446. The van der Waals surface area contributed by atoms with Gasteiger partial charge in [0, 0.05) is 11.9 Å². The van der Waals surface area contributed by atoms with Crippen molar-refractivity contribution in [3.8, 4) is 0 Å². The molecule has 0 spiro atoms. The average molecular weight is 500 g/mol. The van der Waals surface area contributed by atoms with Crippen LogP contribution in [-0.2, 0) is 14.1 Å². The summed E-state index contributed by atoms with van der Waals surface area (Å²) in [7, 11) is 0. The van der Waals surface area contributed by atoms with Crippen molar-refractivity contribution in [3.05, 3.63) is 0 Å². The summed E-state index contributed by atoms with van der Waals surface area (Å²) in [6.07, 6.45) is 6.07. The van der Waals surface area contributed by atoms with Crippen LogP contribution in [0.3, 0.4) is 0 Å². The van der Waals surface area contributed by atoms with Crippen LogP contribution in [0.25, 0.3) is 0 Å². The van der Waals surface area contributed by atoms with Crippen molar-refractivity contribution in [1.82, 2.24) is 0 Å². The van der Waals surface area contributed by atoms with E-state index in [1.165, 1.54) is 0 Å². The van der Waals surface area contributed by atoms with Crippen LogP contribution in [0, 0.1) is 27.8 Å². The zero-order chi connectivity index (χ0) is 15.5. The second kappa shape index (κ2) is 22.7. The van der Waals surface area contributed by atoms with Crippen LogP contribution < -0.4 is 10.2 Å². The molecule has 0 aliphatic heterocycles. The number of carbonyl (C=O) groups is 2. The van der Waals surface area contributed by atoms with Crippen LogP contribution in [0.1, 0.15) is 65.2 Å². The average Bonchev–Trinajstić information content (AvgIpc) is 2.31. The fraction of sp³-hybridized carbons (Fsp3) is 0.833. The third-order valence-electron chi connectivity index (χ3n) is 1.97. The predicted octanol–water partition coefficient (Wildman–Crippen LogP) is 0.396. The van der Waals surface area contributed by atoms with Crippen molar-refractivity contribution < 1.29 is 52.1 Å². The minimum absolute atomic E-state index is 0.216. The van der Waals surface area contributed by atoms with E-state index in [0.29, 0.717) is 0 Å². The van der Waals surface area contributed by atoms with Crippen LogP contribution in [0.2, 0.25) is 0 Å². The number of unbranched alkanes of at least 4 members (excludes halogenated alkanes) is 4. The third kappa shape index (κ3) is 46.5. The summed E-state index contributed by atoms with van der Waals surface area (Å²) in [4.78, 5) is 19.5. The Kier molecular flexibility index (Phi) is 28.3. The standard InChI is InChI=1S/2C6H12O2.2O.U/c2*1-2-3-4-5-6(7)8;;;/h2*2-5H2,1H3,(H,7,8);;;/q;;;;+2/p-2. The number of rotatable bonds is 8. The third-order valence-corrected chi connectivity index (χ3v) is 1.97. The van der Waals surface area contributed by atoms with Crippen LogP contribution in [0.4, 0.5) is 0 Å². The number of carboxylic acid groups (broad SMARTS) is 2. The van der Waals surface area contributed by atoms with Gasteiger partial charge in [-0.15, -0.1) is 0 Å². The molecule has 0 aromatic rings. The summed E-state index contributed by atoms with van der Waals surface area (Å²) >= 11 is -2.51. The van der Waals surface area contributed by atoms with Gasteiger partial charge in [0.2, 0.25) is 0 Å². The molecular weight excluding hydrogens is 478 g/mol. The fourth-order valence-corrected chi connectivity index (χ4v) is 1.04. The van der Waals surface area contributed by atoms with E-state index in [0.717, 1.165) is 38.5 Å². The maximum atomic E-state index is 9.76. The van der Waals surface area contributed by atoms with Crippen molar-refractivity contribution in [2.24, 2.45) is 0 Å². The molecule has 0 amide bonds. The van der Waals surface area contributed by atoms with Gasteiger partial charge in [-0.25, -0.2) is 0 Å². The van der Waals surface area contributed by atoms with Gasteiger partial charge in [-0.2, -0.15) is 0 Å². The monoisotopic (exact) mass is 500 g/mol. The Balaban J connectivity index is -0.000000224. The number of carboxylic acids is 2. The molecule has 0 bridgehead atoms. The molecule has 0 rings (SSSR count). The van der Waals surface area contributed by atoms with E-state index in [-0.39, 0.29) is 12.8 Å². The van der Waals surface area contributed by atoms with Gasteiger partial charge in [0.25, 0.3) is 0 Å². The van der Waals surface area contributed by atoms with Crippen molar-refractivity contribution in [1.29, 1.82) is 0 Å². The van der Waals surface area contributed by atoms with Crippen LogP contribution >= 0.6 is 0 Å². The van der Waals surface area contributed by atoms with Crippen molar-refractivity contribution in [2.75, 3.05) is 0 Å². The molecule has 19 heavy (non-hydrogen) atoms. The molecule has 0 aliphatic carbocycles. The summed E-state index contributed by atoms with van der Waals surface area (Å²) in [6.45, 7) is 4.07. The summed E-state index contributed by atoms with van der Waals surface area (Å²) in [5.41, 5.74) is 0. The number of carbonyl (C=O) groups excluding carboxylic acids is 2. The minimum atomic E-state index is -2.51. The molecule has 0 atom stereocenters. The first-order valence-electron chi connectivity index (χ1n) is 6.35. The molecule has 7 heteroatoms. The van der Waals surface area contributed by atoms with E-state index in [9.17, 15) is 19.8 Å². The molecule has 0 heterocycles. The normalized spacial score (nSPS) is 8.11. The Morgan fingerprint density at radius 2 is 1.05 bits per heavy atom. The first-order valence-corrected chi connectivity index (χ1v) is 9.75. The predicted molar refractivity (Wildman–Crippen MR) is 59.7 cm³/mol.